The van der Waals surface area contributed by atoms with Gasteiger partial charge in [-0.3, -0.25) is 5.32 Å². The van der Waals surface area contributed by atoms with Gasteiger partial charge in [0.1, 0.15) is 16.9 Å². The van der Waals surface area contributed by atoms with E-state index in [0.29, 0.717) is 11.0 Å². The Morgan fingerprint density at radius 3 is 2.57 bits per heavy atom. The van der Waals surface area contributed by atoms with Gasteiger partial charge >= 0.3 is 12.1 Å². The van der Waals surface area contributed by atoms with Crippen molar-refractivity contribution < 1.29 is 23.8 Å². The molecule has 0 aliphatic heterocycles. The van der Waals surface area contributed by atoms with Crippen LogP contribution in [-0.2, 0) is 4.74 Å². The van der Waals surface area contributed by atoms with Crippen LogP contribution in [0.15, 0.2) is 27.1 Å². The number of aromatic carboxylic acids is 1. The second-order valence-electron chi connectivity index (χ2n) is 5.38. The summed E-state index contributed by atoms with van der Waals surface area (Å²) in [7, 11) is 0. The van der Waals surface area contributed by atoms with E-state index in [0.717, 1.165) is 4.47 Å². The first-order valence-electron chi connectivity index (χ1n) is 6.13. The second kappa shape index (κ2) is 5.40. The van der Waals surface area contributed by atoms with Crippen LogP contribution in [0.3, 0.4) is 0 Å². The number of nitrogens with one attached hydrogen (secondary N) is 1. The number of halogens is 1. The monoisotopic (exact) mass is 355 g/mol. The van der Waals surface area contributed by atoms with E-state index < -0.39 is 17.7 Å². The molecule has 0 atom stereocenters. The fourth-order valence-electron chi connectivity index (χ4n) is 1.75. The molecule has 0 radical (unpaired) electrons. The zero-order valence-electron chi connectivity index (χ0n) is 11.7. The summed E-state index contributed by atoms with van der Waals surface area (Å²) in [6.07, 6.45) is -0.743. The van der Waals surface area contributed by atoms with E-state index in [1.807, 2.05) is 0 Å². The normalized spacial score (nSPS) is 11.4. The summed E-state index contributed by atoms with van der Waals surface area (Å²) in [5.41, 5.74) is -0.247. The molecule has 2 rings (SSSR count). The molecule has 0 unspecified atom stereocenters. The molecule has 1 amide bonds. The molecule has 0 spiro atoms. The minimum Gasteiger partial charge on any atom is -0.475 e. The smallest absolute Gasteiger partial charge is 0.412 e. The van der Waals surface area contributed by atoms with Gasteiger partial charge in [-0.05, 0) is 39.0 Å². The average Bonchev–Trinajstić information content (AvgIpc) is 2.65. The van der Waals surface area contributed by atoms with Crippen LogP contribution in [0.4, 0.5) is 10.5 Å². The highest BCUT2D eigenvalue weighted by Crippen LogP contribution is 2.33. The molecule has 1 aromatic heterocycles. The standard InChI is InChI=1S/C14H14BrNO5/c1-14(2,3)21-13(19)16-10-8-6-7(15)4-5-9(8)20-11(10)12(17)18/h4-6H,1-3H3,(H,16,19)(H,17,18). The Kier molecular flexibility index (Phi) is 3.95. The zero-order valence-corrected chi connectivity index (χ0v) is 13.3. The lowest BCUT2D eigenvalue weighted by Crippen LogP contribution is -2.27. The van der Waals surface area contributed by atoms with Crippen LogP contribution in [0.1, 0.15) is 31.3 Å². The molecule has 1 heterocycles. The zero-order chi connectivity index (χ0) is 15.8. The van der Waals surface area contributed by atoms with Crippen molar-refractivity contribution in [3.05, 3.63) is 28.4 Å². The van der Waals surface area contributed by atoms with Crippen LogP contribution in [0, 0.1) is 0 Å². The Morgan fingerprint density at radius 2 is 2.00 bits per heavy atom. The number of carboxylic acids is 1. The molecule has 2 aromatic rings. The van der Waals surface area contributed by atoms with Crippen LogP contribution in [0.25, 0.3) is 11.0 Å². The molecule has 0 saturated heterocycles. The molecule has 7 heteroatoms. The number of rotatable bonds is 2. The van der Waals surface area contributed by atoms with E-state index >= 15 is 0 Å². The van der Waals surface area contributed by atoms with E-state index in [2.05, 4.69) is 21.2 Å². The summed E-state index contributed by atoms with van der Waals surface area (Å²) >= 11 is 3.29. The molecule has 0 bridgehead atoms. The quantitative estimate of drug-likeness (QED) is 0.840. The number of carboxylic acid groups (broad SMARTS) is 1. The Bertz CT molecular complexity index is 714. The minimum absolute atomic E-state index is 0.0769. The van der Waals surface area contributed by atoms with Gasteiger partial charge in [-0.15, -0.1) is 0 Å². The lowest BCUT2D eigenvalue weighted by Gasteiger charge is -2.19. The highest BCUT2D eigenvalue weighted by molar-refractivity contribution is 9.10. The van der Waals surface area contributed by atoms with Crippen molar-refractivity contribution in [3.8, 4) is 0 Å². The van der Waals surface area contributed by atoms with E-state index in [9.17, 15) is 14.7 Å². The molecule has 2 N–H and O–H groups in total. The van der Waals surface area contributed by atoms with Crippen LogP contribution < -0.4 is 5.32 Å². The number of ether oxygens (including phenoxy) is 1. The first-order chi connectivity index (χ1) is 9.67. The molecule has 21 heavy (non-hydrogen) atoms. The number of benzene rings is 1. The van der Waals surface area contributed by atoms with Crippen molar-refractivity contribution in [3.63, 3.8) is 0 Å². The van der Waals surface area contributed by atoms with E-state index in [4.69, 9.17) is 9.15 Å². The minimum atomic E-state index is -1.27. The summed E-state index contributed by atoms with van der Waals surface area (Å²) < 4.78 is 11.1. The van der Waals surface area contributed by atoms with E-state index in [1.54, 1.807) is 39.0 Å². The maximum absolute atomic E-state index is 11.8. The number of amides is 1. The molecule has 0 aliphatic rings. The van der Waals surface area contributed by atoms with Crippen molar-refractivity contribution in [2.75, 3.05) is 5.32 Å². The maximum atomic E-state index is 11.8. The van der Waals surface area contributed by atoms with Gasteiger partial charge in [0.25, 0.3) is 0 Å². The predicted octanol–water partition coefficient (Wildman–Crippen LogP) is 4.24. The van der Waals surface area contributed by atoms with Gasteiger partial charge in [-0.25, -0.2) is 9.59 Å². The van der Waals surface area contributed by atoms with Crippen LogP contribution in [0.5, 0.6) is 0 Å². The van der Waals surface area contributed by atoms with Crippen molar-refractivity contribution >= 4 is 44.6 Å². The van der Waals surface area contributed by atoms with Crippen LogP contribution >= 0.6 is 15.9 Å². The summed E-state index contributed by atoms with van der Waals surface area (Å²) in [6.45, 7) is 5.15. The molecule has 0 saturated carbocycles. The van der Waals surface area contributed by atoms with Crippen molar-refractivity contribution in [2.24, 2.45) is 0 Å². The number of fused-ring (bicyclic) bond motifs is 1. The summed E-state index contributed by atoms with van der Waals surface area (Å²) in [5, 5.41) is 12.1. The van der Waals surface area contributed by atoms with Gasteiger partial charge in [-0.1, -0.05) is 15.9 Å². The average molecular weight is 356 g/mol. The number of hydrogen-bond acceptors (Lipinski definition) is 4. The molecular formula is C14H14BrNO5. The molecule has 1 aromatic carbocycles. The number of carbonyl (C=O) groups excluding carboxylic acids is 1. The summed E-state index contributed by atoms with van der Waals surface area (Å²) in [6, 6.07) is 5.00. The number of furan rings is 1. The molecule has 0 aliphatic carbocycles. The third kappa shape index (κ3) is 3.55. The van der Waals surface area contributed by atoms with Crippen molar-refractivity contribution in [1.82, 2.24) is 0 Å². The second-order valence-corrected chi connectivity index (χ2v) is 6.29. The van der Waals surface area contributed by atoms with Gasteiger partial charge in [0.15, 0.2) is 0 Å². The van der Waals surface area contributed by atoms with Gasteiger partial charge < -0.3 is 14.3 Å². The third-order valence-corrected chi connectivity index (χ3v) is 2.96. The first-order valence-corrected chi connectivity index (χ1v) is 6.92. The molecular weight excluding hydrogens is 342 g/mol. The number of hydrogen-bond donors (Lipinski definition) is 2. The third-order valence-electron chi connectivity index (χ3n) is 2.47. The fraction of sp³-hybridized carbons (Fsp3) is 0.286. The number of carbonyl (C=O) groups is 2. The highest BCUT2D eigenvalue weighted by atomic mass is 79.9. The first kappa shape index (κ1) is 15.4. The maximum Gasteiger partial charge on any atom is 0.412 e. The van der Waals surface area contributed by atoms with Gasteiger partial charge in [0.2, 0.25) is 5.76 Å². The Hall–Kier alpha value is -2.02. The predicted molar refractivity (Wildman–Crippen MR) is 80.7 cm³/mol. The SMILES string of the molecule is CC(C)(C)OC(=O)Nc1c(C(=O)O)oc2ccc(Br)cc12. The molecule has 112 valence electrons. The van der Waals surface area contributed by atoms with E-state index in [-0.39, 0.29) is 11.4 Å². The highest BCUT2D eigenvalue weighted by Gasteiger charge is 2.24. The molecule has 6 nitrogen and oxygen atoms in total. The lowest BCUT2D eigenvalue weighted by molar-refractivity contribution is 0.0635. The Labute approximate surface area is 129 Å². The van der Waals surface area contributed by atoms with Crippen LogP contribution in [0.2, 0.25) is 0 Å². The van der Waals surface area contributed by atoms with Crippen LogP contribution in [-0.4, -0.2) is 22.8 Å². The lowest BCUT2D eigenvalue weighted by atomic mass is 10.2. The van der Waals surface area contributed by atoms with Crippen molar-refractivity contribution in [1.29, 1.82) is 0 Å². The Morgan fingerprint density at radius 1 is 1.33 bits per heavy atom. The summed E-state index contributed by atoms with van der Waals surface area (Å²) in [4.78, 5) is 23.1. The summed E-state index contributed by atoms with van der Waals surface area (Å²) in [5.74, 6) is -1.61. The van der Waals surface area contributed by atoms with E-state index in [1.165, 1.54) is 0 Å². The van der Waals surface area contributed by atoms with Gasteiger partial charge in [0, 0.05) is 9.86 Å². The number of anilines is 1. The Balaban J connectivity index is 2.45. The largest absolute Gasteiger partial charge is 0.475 e. The van der Waals surface area contributed by atoms with Crippen molar-refractivity contribution in [2.45, 2.75) is 26.4 Å². The fourth-order valence-corrected chi connectivity index (χ4v) is 2.11. The molecule has 0 fully saturated rings. The topological polar surface area (TPSA) is 88.8 Å². The van der Waals surface area contributed by atoms with Gasteiger partial charge in [-0.2, -0.15) is 0 Å². The van der Waals surface area contributed by atoms with Gasteiger partial charge in [0.05, 0.1) is 0 Å².